The van der Waals surface area contributed by atoms with E-state index in [1.807, 2.05) is 12.1 Å². The lowest BCUT2D eigenvalue weighted by Crippen LogP contribution is -2.36. The molecule has 0 amide bonds. The van der Waals surface area contributed by atoms with E-state index in [4.69, 9.17) is 4.65 Å². The lowest BCUT2D eigenvalue weighted by atomic mass is 9.64. The van der Waals surface area contributed by atoms with Gasteiger partial charge in [-0.2, -0.15) is 0 Å². The molecule has 3 heterocycles. The molecule has 0 unspecified atom stereocenters. The molecule has 0 aliphatic carbocycles. The summed E-state index contributed by atoms with van der Waals surface area (Å²) in [5.41, 5.74) is 1.67. The molecule has 0 spiro atoms. The van der Waals surface area contributed by atoms with Crippen LogP contribution in [0.3, 0.4) is 0 Å². The average Bonchev–Trinajstić information content (AvgIpc) is 3.28. The third-order valence-corrected chi connectivity index (χ3v) is 6.25. The summed E-state index contributed by atoms with van der Waals surface area (Å²) in [6, 6.07) is 8.52. The number of aromatic carboxylic acids is 1. The maximum Gasteiger partial charge on any atom is 0.526 e. The van der Waals surface area contributed by atoms with Crippen molar-refractivity contribution in [1.29, 1.82) is 0 Å². The normalized spacial score (nSPS) is 15.4. The smallest absolute Gasteiger partial charge is 0.526 e. The largest absolute Gasteiger partial charge is 0.535 e. The number of fused-ring (bicyclic) bond motifs is 1. The van der Waals surface area contributed by atoms with Gasteiger partial charge in [-0.3, -0.25) is 9.78 Å². The molecule has 4 rings (SSSR count). The molecule has 1 aliphatic rings. The van der Waals surface area contributed by atoms with E-state index < -0.39 is 24.7 Å². The van der Waals surface area contributed by atoms with E-state index in [9.17, 15) is 24.9 Å². The second-order valence-electron chi connectivity index (χ2n) is 7.72. The molecule has 0 saturated carbocycles. The average molecular weight is 480 g/mol. The van der Waals surface area contributed by atoms with E-state index in [2.05, 4.69) is 20.4 Å². The second kappa shape index (κ2) is 10.4. The number of benzene rings is 1. The highest BCUT2D eigenvalue weighted by atomic mass is 32.1. The molecule has 3 aromatic rings. The van der Waals surface area contributed by atoms with Crippen molar-refractivity contribution in [3.05, 3.63) is 70.5 Å². The van der Waals surface area contributed by atoms with Gasteiger partial charge in [0, 0.05) is 36.6 Å². The minimum atomic E-state index is -1.38. The van der Waals surface area contributed by atoms with Gasteiger partial charge in [0.15, 0.2) is 16.6 Å². The molecule has 0 saturated heterocycles. The van der Waals surface area contributed by atoms with Crippen molar-refractivity contribution >= 4 is 41.1 Å². The number of nitrogens with one attached hydrogen (secondary N) is 1. The van der Waals surface area contributed by atoms with Gasteiger partial charge in [-0.15, -0.1) is 11.3 Å². The molecule has 0 radical (unpaired) electrons. The Morgan fingerprint density at radius 3 is 2.79 bits per heavy atom. The number of anilines is 1. The number of carbonyl (C=O) groups excluding carboxylic acids is 1. The summed E-state index contributed by atoms with van der Waals surface area (Å²) in [6.45, 7) is 0.625. The van der Waals surface area contributed by atoms with Gasteiger partial charge in [-0.05, 0) is 42.2 Å². The molecule has 34 heavy (non-hydrogen) atoms. The van der Waals surface area contributed by atoms with E-state index in [1.165, 1.54) is 17.4 Å². The zero-order valence-electron chi connectivity index (χ0n) is 17.9. The minimum absolute atomic E-state index is 0.0506. The lowest BCUT2D eigenvalue weighted by Gasteiger charge is -2.27. The van der Waals surface area contributed by atoms with Gasteiger partial charge in [0.1, 0.15) is 11.4 Å². The number of ketones is 1. The highest BCUT2D eigenvalue weighted by molar-refractivity contribution is 7.14. The van der Waals surface area contributed by atoms with E-state index in [0.717, 1.165) is 12.0 Å². The monoisotopic (exact) mass is 480 g/mol. The fourth-order valence-corrected chi connectivity index (χ4v) is 4.46. The Bertz CT molecular complexity index is 1220. The maximum atomic E-state index is 12.9. The number of aromatic nitrogens is 2. The maximum absolute atomic E-state index is 12.9. The topological polar surface area (TPSA) is 154 Å². The Hall–Kier alpha value is -3.77. The molecule has 10 nitrogen and oxygen atoms in total. The third kappa shape index (κ3) is 5.24. The predicted molar refractivity (Wildman–Crippen MR) is 126 cm³/mol. The van der Waals surface area contributed by atoms with Gasteiger partial charge >= 0.3 is 13.1 Å². The quantitative estimate of drug-likeness (QED) is 0.157. The van der Waals surface area contributed by atoms with E-state index in [-0.39, 0.29) is 35.6 Å². The van der Waals surface area contributed by atoms with Crippen LogP contribution >= 0.6 is 11.3 Å². The van der Waals surface area contributed by atoms with Crippen molar-refractivity contribution < 1.29 is 29.6 Å². The predicted octanol–water partition coefficient (Wildman–Crippen LogP) is 2.51. The number of carboxylic acids is 1. The summed E-state index contributed by atoms with van der Waals surface area (Å²) < 4.78 is 5.43. The molecule has 1 aliphatic heterocycles. The van der Waals surface area contributed by atoms with Crippen molar-refractivity contribution in [1.82, 2.24) is 9.97 Å². The third-order valence-electron chi connectivity index (χ3n) is 5.45. The van der Waals surface area contributed by atoms with Crippen LogP contribution in [0, 0.1) is 0 Å². The summed E-state index contributed by atoms with van der Waals surface area (Å²) in [5, 5.41) is 37.7. The number of carbonyl (C=O) groups is 2. The summed E-state index contributed by atoms with van der Waals surface area (Å²) in [5.74, 6) is -2.22. The summed E-state index contributed by atoms with van der Waals surface area (Å²) >= 11 is 1.28. The van der Waals surface area contributed by atoms with E-state index in [1.54, 1.807) is 29.9 Å². The first-order valence-corrected chi connectivity index (χ1v) is 11.4. The number of hydrogen-bond acceptors (Lipinski definition) is 10. The Balaban J connectivity index is 1.39. The number of nitrogens with zero attached hydrogens (tertiary/aromatic N) is 3. The van der Waals surface area contributed by atoms with Crippen molar-refractivity contribution in [2.75, 3.05) is 11.9 Å². The van der Waals surface area contributed by atoms with Crippen LogP contribution in [0.2, 0.25) is 5.82 Å². The Labute approximate surface area is 199 Å². The second-order valence-corrected chi connectivity index (χ2v) is 8.58. The van der Waals surface area contributed by atoms with Crippen molar-refractivity contribution in [2.45, 2.75) is 25.1 Å². The van der Waals surface area contributed by atoms with Gasteiger partial charge in [0.2, 0.25) is 0 Å². The van der Waals surface area contributed by atoms with Crippen LogP contribution in [-0.2, 0) is 17.6 Å². The van der Waals surface area contributed by atoms with Gasteiger partial charge in [0.05, 0.1) is 5.56 Å². The number of oxime groups is 1. The van der Waals surface area contributed by atoms with Crippen LogP contribution in [0.25, 0.3) is 0 Å². The molecule has 12 heteroatoms. The van der Waals surface area contributed by atoms with E-state index in [0.29, 0.717) is 17.2 Å². The summed E-state index contributed by atoms with van der Waals surface area (Å²) in [7, 11) is -1.38. The SMILES string of the molecule is O=C(C[C@H]1Cc2cccc(C(=O)O)c2OB1O)/C(=N/O)c1csc(NCCc2ccncc2)n1. The molecule has 0 fully saturated rings. The van der Waals surface area contributed by atoms with Crippen LogP contribution in [0.4, 0.5) is 5.13 Å². The first-order chi connectivity index (χ1) is 16.5. The number of para-hydroxylation sites is 1. The zero-order valence-corrected chi connectivity index (χ0v) is 18.7. The van der Waals surface area contributed by atoms with Gasteiger partial charge < -0.3 is 25.3 Å². The van der Waals surface area contributed by atoms with Crippen LogP contribution in [0.15, 0.2) is 53.3 Å². The molecule has 4 N–H and O–H groups in total. The van der Waals surface area contributed by atoms with Crippen molar-refractivity contribution in [3.63, 3.8) is 0 Å². The lowest BCUT2D eigenvalue weighted by molar-refractivity contribution is -0.113. The Kier molecular flexibility index (Phi) is 7.19. The molecule has 1 atom stereocenters. The number of carboxylic acid groups (broad SMARTS) is 1. The molecule has 0 bridgehead atoms. The zero-order chi connectivity index (χ0) is 24.1. The van der Waals surface area contributed by atoms with Gasteiger partial charge in [-0.1, -0.05) is 17.3 Å². The minimum Gasteiger partial charge on any atom is -0.535 e. The van der Waals surface area contributed by atoms with Crippen LogP contribution < -0.4 is 9.97 Å². The molecular weight excluding hydrogens is 459 g/mol. The van der Waals surface area contributed by atoms with Crippen LogP contribution in [0.1, 0.15) is 33.6 Å². The van der Waals surface area contributed by atoms with Crippen molar-refractivity contribution in [2.24, 2.45) is 5.16 Å². The number of Topliss-reactive ketones (excluding diaryl/α,β-unsaturated/α-hetero) is 1. The van der Waals surface area contributed by atoms with Crippen LogP contribution in [0.5, 0.6) is 5.75 Å². The Morgan fingerprint density at radius 1 is 1.26 bits per heavy atom. The molecule has 1 aromatic carbocycles. The molecular formula is C22H21BN4O6S. The first-order valence-electron chi connectivity index (χ1n) is 10.5. The molecule has 2 aromatic heterocycles. The first kappa shape index (κ1) is 23.4. The number of rotatable bonds is 9. The van der Waals surface area contributed by atoms with Gasteiger partial charge in [-0.25, -0.2) is 9.78 Å². The number of pyridine rings is 1. The number of thiazole rings is 1. The fraction of sp³-hybridized carbons (Fsp3) is 0.227. The summed E-state index contributed by atoms with van der Waals surface area (Å²) in [6.07, 6.45) is 4.29. The number of hydrogen-bond donors (Lipinski definition) is 4. The van der Waals surface area contributed by atoms with Crippen molar-refractivity contribution in [3.8, 4) is 5.75 Å². The molecule has 174 valence electrons. The summed E-state index contributed by atoms with van der Waals surface area (Å²) in [4.78, 5) is 32.6. The fourth-order valence-electron chi connectivity index (χ4n) is 3.74. The highest BCUT2D eigenvalue weighted by Gasteiger charge is 2.38. The van der Waals surface area contributed by atoms with Gasteiger partial charge in [0.25, 0.3) is 0 Å². The standard InChI is InChI=1S/C22H21BN4O6S/c28-18(11-15-10-14-2-1-3-16(21(29)30)20(14)33-23(15)31)19(27-32)17-12-34-22(26-17)25-9-6-13-4-7-24-8-5-13/h1-5,7-8,12,15,31-32H,6,9-11H2,(H,25,26)(H,29,30)/b27-19+/t15-/m1/s1. The van der Waals surface area contributed by atoms with E-state index >= 15 is 0 Å². The van der Waals surface area contributed by atoms with Crippen LogP contribution in [-0.4, -0.2) is 56.4 Å². The Morgan fingerprint density at radius 2 is 2.06 bits per heavy atom. The highest BCUT2D eigenvalue weighted by Crippen LogP contribution is 2.36.